The molecule has 3 aromatic carbocycles. The van der Waals surface area contributed by atoms with Gasteiger partial charge in [-0.2, -0.15) is 0 Å². The van der Waals surface area contributed by atoms with Crippen LogP contribution in [0.5, 0.6) is 5.75 Å². The Kier molecular flexibility index (Phi) is 7.46. The SMILES string of the molecule is CCOc1cc(C(C)(C)C)c(Cl)cc1C1=N[C@@H](c2ccc(Cl)cc2)[C@@H](c2ccc(Cl)cc2)N1C=O. The van der Waals surface area contributed by atoms with E-state index in [-0.39, 0.29) is 17.5 Å². The van der Waals surface area contributed by atoms with E-state index in [1.54, 1.807) is 4.90 Å². The molecule has 0 unspecified atom stereocenters. The first-order chi connectivity index (χ1) is 16.6. The molecule has 0 spiro atoms. The van der Waals surface area contributed by atoms with Gasteiger partial charge in [0.1, 0.15) is 17.6 Å². The molecule has 2 atom stereocenters. The van der Waals surface area contributed by atoms with Gasteiger partial charge in [0, 0.05) is 15.1 Å². The predicted molar refractivity (Wildman–Crippen MR) is 144 cm³/mol. The van der Waals surface area contributed by atoms with Crippen LogP contribution in [-0.2, 0) is 10.2 Å². The number of amides is 1. The van der Waals surface area contributed by atoms with E-state index in [2.05, 4.69) is 20.8 Å². The standard InChI is InChI=1S/C28H27Cl3N2O2/c1-5-35-24-15-22(28(2,3)4)23(31)14-21(24)27-32-25(17-6-10-19(29)11-7-17)26(33(27)16-34)18-8-12-20(30)13-9-18/h6-16,25-26H,5H2,1-4H3/t25-,26+/m0/s1. The second-order valence-electron chi connectivity index (χ2n) is 9.47. The first-order valence-electron chi connectivity index (χ1n) is 11.4. The Morgan fingerprint density at radius 3 is 2.03 bits per heavy atom. The van der Waals surface area contributed by atoms with Crippen molar-refractivity contribution >= 4 is 47.0 Å². The van der Waals surface area contributed by atoms with Crippen LogP contribution in [-0.4, -0.2) is 23.8 Å². The van der Waals surface area contributed by atoms with Crippen molar-refractivity contribution in [3.63, 3.8) is 0 Å². The number of hydrogen-bond donors (Lipinski definition) is 0. The molecule has 1 amide bonds. The number of rotatable bonds is 6. The molecule has 0 aliphatic carbocycles. The monoisotopic (exact) mass is 528 g/mol. The number of carbonyl (C=O) groups is 1. The third-order valence-electron chi connectivity index (χ3n) is 6.06. The average Bonchev–Trinajstić information content (AvgIpc) is 3.19. The van der Waals surface area contributed by atoms with Gasteiger partial charge in [0.15, 0.2) is 0 Å². The quantitative estimate of drug-likeness (QED) is 0.303. The summed E-state index contributed by atoms with van der Waals surface area (Å²) in [7, 11) is 0. The normalized spacial score (nSPS) is 17.9. The Bertz CT molecular complexity index is 1250. The summed E-state index contributed by atoms with van der Waals surface area (Å²) in [6, 6.07) is 18.1. The van der Waals surface area contributed by atoms with Gasteiger partial charge in [0.2, 0.25) is 6.41 Å². The van der Waals surface area contributed by atoms with E-state index in [9.17, 15) is 4.79 Å². The van der Waals surface area contributed by atoms with Crippen molar-refractivity contribution in [2.45, 2.75) is 45.2 Å². The largest absolute Gasteiger partial charge is 0.493 e. The van der Waals surface area contributed by atoms with Gasteiger partial charge in [-0.1, -0.05) is 79.8 Å². The number of benzene rings is 3. The lowest BCUT2D eigenvalue weighted by molar-refractivity contribution is -0.116. The van der Waals surface area contributed by atoms with E-state index in [1.807, 2.05) is 67.6 Å². The van der Waals surface area contributed by atoms with Crippen LogP contribution in [0.2, 0.25) is 15.1 Å². The lowest BCUT2D eigenvalue weighted by atomic mass is 9.86. The summed E-state index contributed by atoms with van der Waals surface area (Å²) in [5, 5.41) is 1.86. The molecule has 3 aromatic rings. The van der Waals surface area contributed by atoms with Crippen LogP contribution in [0.15, 0.2) is 65.7 Å². The van der Waals surface area contributed by atoms with E-state index >= 15 is 0 Å². The van der Waals surface area contributed by atoms with Crippen LogP contribution < -0.4 is 4.74 Å². The van der Waals surface area contributed by atoms with E-state index in [4.69, 9.17) is 44.5 Å². The molecule has 1 aliphatic rings. The van der Waals surface area contributed by atoms with Gasteiger partial charge < -0.3 is 4.74 Å². The summed E-state index contributed by atoms with van der Waals surface area (Å²) in [5.41, 5.74) is 3.31. The fourth-order valence-electron chi connectivity index (χ4n) is 4.37. The molecule has 0 radical (unpaired) electrons. The van der Waals surface area contributed by atoms with Gasteiger partial charge in [-0.15, -0.1) is 0 Å². The number of hydrogen-bond acceptors (Lipinski definition) is 3. The zero-order chi connectivity index (χ0) is 25.3. The van der Waals surface area contributed by atoms with Crippen molar-refractivity contribution in [1.29, 1.82) is 0 Å². The number of amidine groups is 1. The number of carbonyl (C=O) groups excluding carboxylic acids is 1. The molecular weight excluding hydrogens is 503 g/mol. The summed E-state index contributed by atoms with van der Waals surface area (Å²) in [6.07, 6.45) is 0.815. The molecule has 7 heteroatoms. The molecule has 0 saturated heterocycles. The third-order valence-corrected chi connectivity index (χ3v) is 6.88. The molecule has 35 heavy (non-hydrogen) atoms. The van der Waals surface area contributed by atoms with Crippen LogP contribution in [0.25, 0.3) is 0 Å². The van der Waals surface area contributed by atoms with Gasteiger partial charge in [-0.25, -0.2) is 0 Å². The smallest absolute Gasteiger partial charge is 0.215 e. The van der Waals surface area contributed by atoms with Gasteiger partial charge in [0.05, 0.1) is 18.2 Å². The molecule has 0 bridgehead atoms. The molecule has 4 nitrogen and oxygen atoms in total. The van der Waals surface area contributed by atoms with Gasteiger partial charge in [-0.05, 0) is 65.4 Å². The van der Waals surface area contributed by atoms with Gasteiger partial charge in [-0.3, -0.25) is 14.7 Å². The minimum absolute atomic E-state index is 0.180. The second-order valence-corrected chi connectivity index (χ2v) is 10.7. The molecule has 1 heterocycles. The zero-order valence-corrected chi connectivity index (χ0v) is 22.3. The minimum Gasteiger partial charge on any atom is -0.493 e. The second kappa shape index (κ2) is 10.2. The summed E-state index contributed by atoms with van der Waals surface area (Å²) in [4.78, 5) is 19.3. The van der Waals surface area contributed by atoms with Crippen molar-refractivity contribution < 1.29 is 9.53 Å². The fourth-order valence-corrected chi connectivity index (χ4v) is 5.07. The van der Waals surface area contributed by atoms with Crippen molar-refractivity contribution in [2.24, 2.45) is 4.99 Å². The Morgan fingerprint density at radius 2 is 1.51 bits per heavy atom. The highest BCUT2D eigenvalue weighted by Gasteiger charge is 2.40. The molecule has 4 rings (SSSR count). The zero-order valence-electron chi connectivity index (χ0n) is 20.1. The third kappa shape index (κ3) is 5.20. The Morgan fingerprint density at radius 1 is 0.943 bits per heavy atom. The number of halogens is 3. The van der Waals surface area contributed by atoms with Crippen LogP contribution in [0.4, 0.5) is 0 Å². The van der Waals surface area contributed by atoms with Crippen molar-refractivity contribution in [3.05, 3.63) is 98.0 Å². The number of aliphatic imine (C=N–C) groups is 1. The highest BCUT2D eigenvalue weighted by atomic mass is 35.5. The molecule has 182 valence electrons. The summed E-state index contributed by atoms with van der Waals surface area (Å²) in [5.74, 6) is 1.14. The van der Waals surface area contributed by atoms with E-state index in [1.165, 1.54) is 0 Å². The minimum atomic E-state index is -0.378. The molecule has 0 N–H and O–H groups in total. The van der Waals surface area contributed by atoms with E-state index in [0.717, 1.165) is 23.1 Å². The predicted octanol–water partition coefficient (Wildman–Crippen LogP) is 8.04. The van der Waals surface area contributed by atoms with E-state index in [0.29, 0.717) is 38.8 Å². The first-order valence-corrected chi connectivity index (χ1v) is 12.6. The summed E-state index contributed by atoms with van der Waals surface area (Å²) < 4.78 is 6.03. The van der Waals surface area contributed by atoms with Crippen LogP contribution in [0.3, 0.4) is 0 Å². The summed E-state index contributed by atoms with van der Waals surface area (Å²) >= 11 is 19.0. The Balaban J connectivity index is 1.91. The fraction of sp³-hybridized carbons (Fsp3) is 0.286. The van der Waals surface area contributed by atoms with Crippen molar-refractivity contribution in [3.8, 4) is 5.75 Å². The lowest BCUT2D eigenvalue weighted by Crippen LogP contribution is -2.31. The highest BCUT2D eigenvalue weighted by Crippen LogP contribution is 2.45. The van der Waals surface area contributed by atoms with Crippen LogP contribution >= 0.6 is 34.8 Å². The topological polar surface area (TPSA) is 41.9 Å². The maximum atomic E-state index is 12.6. The van der Waals surface area contributed by atoms with Crippen LogP contribution in [0.1, 0.15) is 62.0 Å². The van der Waals surface area contributed by atoms with E-state index < -0.39 is 0 Å². The van der Waals surface area contributed by atoms with Crippen molar-refractivity contribution in [2.75, 3.05) is 6.61 Å². The highest BCUT2D eigenvalue weighted by molar-refractivity contribution is 6.32. The Labute approximate surface area is 221 Å². The molecular formula is C28H27Cl3N2O2. The first kappa shape index (κ1) is 25.6. The average molecular weight is 530 g/mol. The summed E-state index contributed by atoms with van der Waals surface area (Å²) in [6.45, 7) is 8.69. The van der Waals surface area contributed by atoms with Crippen LogP contribution in [0, 0.1) is 0 Å². The maximum Gasteiger partial charge on any atom is 0.215 e. The van der Waals surface area contributed by atoms with Gasteiger partial charge >= 0.3 is 0 Å². The molecule has 1 aliphatic heterocycles. The molecule has 0 saturated carbocycles. The Hall–Kier alpha value is -2.53. The number of ether oxygens (including phenoxy) is 1. The number of nitrogens with zero attached hydrogens (tertiary/aromatic N) is 2. The molecule has 0 fully saturated rings. The maximum absolute atomic E-state index is 12.6. The van der Waals surface area contributed by atoms with Gasteiger partial charge in [0.25, 0.3) is 0 Å². The lowest BCUT2D eigenvalue weighted by Gasteiger charge is -2.27. The molecule has 0 aromatic heterocycles. The van der Waals surface area contributed by atoms with Crippen molar-refractivity contribution in [1.82, 2.24) is 4.90 Å².